The van der Waals surface area contributed by atoms with Crippen molar-refractivity contribution in [2.45, 2.75) is 39.9 Å². The summed E-state index contributed by atoms with van der Waals surface area (Å²) in [6.07, 6.45) is 0. The molecule has 0 bridgehead atoms. The van der Waals surface area contributed by atoms with Crippen LogP contribution in [-0.2, 0) is 14.8 Å². The molecule has 1 atom stereocenters. The minimum absolute atomic E-state index is 0.171. The normalized spacial score (nSPS) is 14.6. The number of carbonyl (C=O) groups is 1. The summed E-state index contributed by atoms with van der Waals surface area (Å²) in [4.78, 5) is 10.8. The van der Waals surface area contributed by atoms with Crippen LogP contribution in [0.2, 0.25) is 0 Å². The van der Waals surface area contributed by atoms with Gasteiger partial charge in [0.15, 0.2) is 5.25 Å². The zero-order valence-corrected chi connectivity index (χ0v) is 12.0. The molecule has 0 aliphatic carbocycles. The minimum Gasteiger partial charge on any atom is -0.480 e. The van der Waals surface area contributed by atoms with E-state index in [1.807, 2.05) is 27.7 Å². The van der Waals surface area contributed by atoms with Gasteiger partial charge >= 0.3 is 5.97 Å². The van der Waals surface area contributed by atoms with E-state index in [2.05, 4.69) is 0 Å². The molecule has 0 saturated carbocycles. The highest BCUT2D eigenvalue weighted by atomic mass is 32.2. The lowest BCUT2D eigenvalue weighted by atomic mass is 10.2. The third kappa shape index (κ3) is 5.04. The third-order valence-electron chi connectivity index (χ3n) is 2.29. The van der Waals surface area contributed by atoms with Gasteiger partial charge in [0, 0.05) is 13.1 Å². The van der Waals surface area contributed by atoms with E-state index in [0.717, 1.165) is 0 Å². The van der Waals surface area contributed by atoms with E-state index < -0.39 is 21.2 Å². The van der Waals surface area contributed by atoms with Crippen molar-refractivity contribution in [3.63, 3.8) is 0 Å². The Balaban J connectivity index is 5.08. The Morgan fingerprint density at radius 1 is 1.06 bits per heavy atom. The second kappa shape index (κ2) is 6.35. The molecule has 0 heterocycles. The van der Waals surface area contributed by atoms with Gasteiger partial charge in [-0.2, -0.15) is 0 Å². The van der Waals surface area contributed by atoms with Gasteiger partial charge in [0.1, 0.15) is 0 Å². The zero-order chi connectivity index (χ0) is 13.8. The highest BCUT2D eigenvalue weighted by Gasteiger charge is 2.34. The second-order valence-electron chi connectivity index (χ2n) is 5.13. The number of hydrogen-bond acceptors (Lipinski definition) is 3. The van der Waals surface area contributed by atoms with Gasteiger partial charge in [0.25, 0.3) is 0 Å². The summed E-state index contributed by atoms with van der Waals surface area (Å²) in [5.41, 5.74) is 0. The standard InChI is InChI=1S/C11H23NO4S/c1-8(2)6-12(7-9(3)4)17(15,16)10(5)11(13)14/h8-10H,6-7H2,1-5H3,(H,13,14). The molecule has 0 radical (unpaired) electrons. The summed E-state index contributed by atoms with van der Waals surface area (Å²) in [5.74, 6) is -0.962. The summed E-state index contributed by atoms with van der Waals surface area (Å²) in [7, 11) is -3.76. The van der Waals surface area contributed by atoms with Crippen LogP contribution in [0.5, 0.6) is 0 Å². The maximum Gasteiger partial charge on any atom is 0.323 e. The lowest BCUT2D eigenvalue weighted by molar-refractivity contribution is -0.136. The van der Waals surface area contributed by atoms with Crippen molar-refractivity contribution in [3.8, 4) is 0 Å². The topological polar surface area (TPSA) is 74.7 Å². The van der Waals surface area contributed by atoms with Crippen LogP contribution in [-0.4, -0.2) is 42.1 Å². The van der Waals surface area contributed by atoms with Crippen molar-refractivity contribution in [1.29, 1.82) is 0 Å². The molecule has 0 fully saturated rings. The van der Waals surface area contributed by atoms with Crippen molar-refractivity contribution in [2.75, 3.05) is 13.1 Å². The maximum atomic E-state index is 12.1. The van der Waals surface area contributed by atoms with E-state index in [1.165, 1.54) is 11.2 Å². The molecule has 0 amide bonds. The van der Waals surface area contributed by atoms with Gasteiger partial charge < -0.3 is 5.11 Å². The average molecular weight is 265 g/mol. The van der Waals surface area contributed by atoms with Gasteiger partial charge in [-0.05, 0) is 18.8 Å². The molecule has 1 unspecified atom stereocenters. The highest BCUT2D eigenvalue weighted by Crippen LogP contribution is 2.14. The quantitative estimate of drug-likeness (QED) is 0.755. The van der Waals surface area contributed by atoms with Crippen LogP contribution in [0, 0.1) is 11.8 Å². The maximum absolute atomic E-state index is 12.1. The van der Waals surface area contributed by atoms with Gasteiger partial charge in [-0.15, -0.1) is 0 Å². The number of aliphatic carboxylic acids is 1. The minimum atomic E-state index is -3.76. The SMILES string of the molecule is CC(C)CN(CC(C)C)S(=O)(=O)C(C)C(=O)O. The van der Waals surface area contributed by atoms with Crippen LogP contribution >= 0.6 is 0 Å². The molecule has 0 rings (SSSR count). The Morgan fingerprint density at radius 3 is 1.65 bits per heavy atom. The first-order chi connectivity index (χ1) is 7.59. The van der Waals surface area contributed by atoms with Crippen molar-refractivity contribution in [1.82, 2.24) is 4.31 Å². The van der Waals surface area contributed by atoms with Gasteiger partial charge in [-0.3, -0.25) is 4.79 Å². The molecule has 102 valence electrons. The largest absolute Gasteiger partial charge is 0.480 e. The fourth-order valence-corrected chi connectivity index (χ4v) is 3.16. The molecule has 0 spiro atoms. The smallest absolute Gasteiger partial charge is 0.323 e. The van der Waals surface area contributed by atoms with Crippen molar-refractivity contribution in [3.05, 3.63) is 0 Å². The average Bonchev–Trinajstić information content (AvgIpc) is 2.13. The Kier molecular flexibility index (Phi) is 6.12. The van der Waals surface area contributed by atoms with Crippen molar-refractivity contribution < 1.29 is 18.3 Å². The number of nitrogens with zero attached hydrogens (tertiary/aromatic N) is 1. The molecule has 6 heteroatoms. The van der Waals surface area contributed by atoms with E-state index in [4.69, 9.17) is 5.11 Å². The summed E-state index contributed by atoms with van der Waals surface area (Å²) in [6, 6.07) is 0. The number of sulfonamides is 1. The number of rotatable bonds is 7. The van der Waals surface area contributed by atoms with Gasteiger partial charge in [-0.1, -0.05) is 27.7 Å². The molecule has 0 aromatic heterocycles. The fraction of sp³-hybridized carbons (Fsp3) is 0.909. The van der Waals surface area contributed by atoms with Crippen LogP contribution in [0.15, 0.2) is 0 Å². The Hall–Kier alpha value is -0.620. The molecule has 0 aliphatic rings. The van der Waals surface area contributed by atoms with E-state index in [0.29, 0.717) is 13.1 Å². The molecule has 17 heavy (non-hydrogen) atoms. The van der Waals surface area contributed by atoms with Crippen molar-refractivity contribution in [2.24, 2.45) is 11.8 Å². The first kappa shape index (κ1) is 16.4. The number of carboxylic acids is 1. The predicted molar refractivity (Wildman–Crippen MR) is 67.3 cm³/mol. The summed E-state index contributed by atoms with van der Waals surface area (Å²) < 4.78 is 25.5. The van der Waals surface area contributed by atoms with Crippen LogP contribution in [0.4, 0.5) is 0 Å². The second-order valence-corrected chi connectivity index (χ2v) is 7.38. The Bertz CT molecular complexity index is 338. The molecular formula is C11H23NO4S. The zero-order valence-electron chi connectivity index (χ0n) is 11.2. The summed E-state index contributed by atoms with van der Waals surface area (Å²) in [5, 5.41) is 7.44. The Morgan fingerprint density at radius 2 is 1.41 bits per heavy atom. The van der Waals surface area contributed by atoms with Crippen LogP contribution in [0.25, 0.3) is 0 Å². The first-order valence-electron chi connectivity index (χ1n) is 5.80. The molecule has 0 saturated heterocycles. The van der Waals surface area contributed by atoms with E-state index in [-0.39, 0.29) is 11.8 Å². The van der Waals surface area contributed by atoms with Gasteiger partial charge in [0.2, 0.25) is 10.0 Å². The van der Waals surface area contributed by atoms with Crippen molar-refractivity contribution >= 4 is 16.0 Å². The van der Waals surface area contributed by atoms with Gasteiger partial charge in [-0.25, -0.2) is 12.7 Å². The van der Waals surface area contributed by atoms with Crippen LogP contribution < -0.4 is 0 Å². The lowest BCUT2D eigenvalue weighted by Gasteiger charge is -2.27. The monoisotopic (exact) mass is 265 g/mol. The van der Waals surface area contributed by atoms with Gasteiger partial charge in [0.05, 0.1) is 0 Å². The Labute approximate surface area is 104 Å². The van der Waals surface area contributed by atoms with E-state index >= 15 is 0 Å². The highest BCUT2D eigenvalue weighted by molar-refractivity contribution is 7.90. The molecule has 0 aromatic rings. The third-order valence-corrected chi connectivity index (χ3v) is 4.41. The fourth-order valence-electron chi connectivity index (χ4n) is 1.45. The van der Waals surface area contributed by atoms with Crippen LogP contribution in [0.1, 0.15) is 34.6 Å². The molecule has 0 aromatic carbocycles. The summed E-state index contributed by atoms with van der Waals surface area (Å²) >= 11 is 0. The molecule has 1 N–H and O–H groups in total. The summed E-state index contributed by atoms with van der Waals surface area (Å²) in [6.45, 7) is 9.58. The van der Waals surface area contributed by atoms with E-state index in [1.54, 1.807) is 0 Å². The number of hydrogen-bond donors (Lipinski definition) is 1. The predicted octanol–water partition coefficient (Wildman–Crippen LogP) is 1.40. The van der Waals surface area contributed by atoms with E-state index in [9.17, 15) is 13.2 Å². The lowest BCUT2D eigenvalue weighted by Crippen LogP contribution is -2.44. The molecule has 5 nitrogen and oxygen atoms in total. The van der Waals surface area contributed by atoms with Crippen LogP contribution in [0.3, 0.4) is 0 Å². The molecular weight excluding hydrogens is 242 g/mol. The molecule has 0 aliphatic heterocycles. The number of carboxylic acid groups (broad SMARTS) is 1. The first-order valence-corrected chi connectivity index (χ1v) is 7.31.